The Bertz CT molecular complexity index is 1850. The molecule has 0 unspecified atom stereocenters. The highest BCUT2D eigenvalue weighted by atomic mass is 32.2. The van der Waals surface area contributed by atoms with E-state index in [0.29, 0.717) is 24.5 Å². The number of benzene rings is 4. The standard InChI is InChI=1S/2C22H27N3OS/c2*1-21(2,3)27(26)25-17-24(15-19-8-6-5-7-9-19)16-22(25,4)20-12-10-18(14-23)11-13-20/h2*5-13H,15-17H2,1-4H3/t2*22-,27+/m00/s1. The molecule has 0 saturated carbocycles. The van der Waals surface area contributed by atoms with Crippen LogP contribution in [-0.2, 0) is 46.1 Å². The van der Waals surface area contributed by atoms with Crippen molar-refractivity contribution in [3.8, 4) is 12.1 Å². The van der Waals surface area contributed by atoms with Gasteiger partial charge in [-0.1, -0.05) is 84.9 Å². The second-order valence-corrected chi connectivity index (χ2v) is 21.0. The minimum absolute atomic E-state index is 0.337. The van der Waals surface area contributed by atoms with Gasteiger partial charge in [0.05, 0.1) is 57.2 Å². The molecule has 2 saturated heterocycles. The van der Waals surface area contributed by atoms with Gasteiger partial charge in [0.2, 0.25) is 0 Å². The summed E-state index contributed by atoms with van der Waals surface area (Å²) < 4.78 is 30.2. The van der Waals surface area contributed by atoms with E-state index in [2.05, 4.69) is 92.9 Å². The second-order valence-electron chi connectivity index (χ2n) is 16.6. The SMILES string of the molecule is CC(C)(C)[S@@](=O)N1CN(Cc2ccccc2)C[C@@]1(C)c1ccc(C#N)cc1.CC(C)(C)[S@@](=O)N1CN(Cc2ccccc2)C[C@@]1(C)c1ccc(C#N)cc1. The molecular formula is C44H54N6O2S2. The zero-order valence-corrected chi connectivity index (χ0v) is 34.6. The molecule has 2 aliphatic heterocycles. The number of nitriles is 2. The van der Waals surface area contributed by atoms with E-state index < -0.39 is 22.0 Å². The molecule has 0 radical (unpaired) electrons. The maximum atomic E-state index is 13.3. The first-order valence-corrected chi connectivity index (χ1v) is 20.6. The van der Waals surface area contributed by atoms with Gasteiger partial charge in [0.1, 0.15) is 22.0 Å². The minimum Gasteiger partial charge on any atom is -0.283 e. The number of rotatable bonds is 8. The van der Waals surface area contributed by atoms with Gasteiger partial charge in [-0.2, -0.15) is 19.1 Å². The van der Waals surface area contributed by atoms with Gasteiger partial charge >= 0.3 is 0 Å². The maximum absolute atomic E-state index is 13.3. The van der Waals surface area contributed by atoms with Crippen LogP contribution in [0.2, 0.25) is 0 Å². The molecule has 0 spiro atoms. The summed E-state index contributed by atoms with van der Waals surface area (Å²) in [5.41, 5.74) is 5.23. The Morgan fingerprint density at radius 2 is 0.870 bits per heavy atom. The van der Waals surface area contributed by atoms with Crippen LogP contribution in [-0.4, -0.2) is 62.7 Å². The Hall–Kier alpha value is -4.00. The van der Waals surface area contributed by atoms with Crippen molar-refractivity contribution >= 4 is 22.0 Å². The summed E-state index contributed by atoms with van der Waals surface area (Å²) in [5.74, 6) is 0. The fraction of sp³-hybridized carbons (Fsp3) is 0.409. The molecule has 0 amide bonds. The fourth-order valence-corrected chi connectivity index (χ4v) is 10.0. The minimum atomic E-state index is -1.14. The molecule has 0 aliphatic carbocycles. The average Bonchev–Trinajstić information content (AvgIpc) is 3.67. The molecule has 2 aliphatic rings. The van der Waals surface area contributed by atoms with Crippen LogP contribution in [0.25, 0.3) is 0 Å². The first-order chi connectivity index (χ1) is 25.5. The van der Waals surface area contributed by atoms with Gasteiger partial charge in [-0.05, 0) is 102 Å². The average molecular weight is 763 g/mol. The predicted octanol–water partition coefficient (Wildman–Crippen LogP) is 8.02. The largest absolute Gasteiger partial charge is 0.283 e. The Morgan fingerprint density at radius 1 is 0.556 bits per heavy atom. The summed E-state index contributed by atoms with van der Waals surface area (Å²) in [6.45, 7) is 20.9. The van der Waals surface area contributed by atoms with E-state index in [9.17, 15) is 8.42 Å². The van der Waals surface area contributed by atoms with Crippen LogP contribution in [0, 0.1) is 22.7 Å². The van der Waals surface area contributed by atoms with Crippen LogP contribution in [0.4, 0.5) is 0 Å². The number of hydrogen-bond acceptors (Lipinski definition) is 6. The molecule has 2 heterocycles. The maximum Gasteiger partial charge on any atom is 0.102 e. The van der Waals surface area contributed by atoms with Crippen LogP contribution >= 0.6 is 0 Å². The highest BCUT2D eigenvalue weighted by molar-refractivity contribution is 7.84. The van der Waals surface area contributed by atoms with Gasteiger partial charge in [0.25, 0.3) is 0 Å². The number of hydrogen-bond donors (Lipinski definition) is 0. The molecule has 54 heavy (non-hydrogen) atoms. The number of nitrogens with zero attached hydrogens (tertiary/aromatic N) is 6. The van der Waals surface area contributed by atoms with Crippen molar-refractivity contribution in [1.82, 2.24) is 18.4 Å². The van der Waals surface area contributed by atoms with Crippen molar-refractivity contribution in [2.45, 2.75) is 89.1 Å². The molecule has 284 valence electrons. The Labute approximate surface area is 328 Å². The van der Waals surface area contributed by atoms with Gasteiger partial charge in [-0.3, -0.25) is 9.80 Å². The summed E-state index contributed by atoms with van der Waals surface area (Å²) in [6, 6.07) is 40.5. The van der Waals surface area contributed by atoms with E-state index in [4.69, 9.17) is 10.5 Å². The first-order valence-electron chi connectivity index (χ1n) is 18.4. The van der Waals surface area contributed by atoms with Crippen LogP contribution in [0.15, 0.2) is 109 Å². The van der Waals surface area contributed by atoms with E-state index in [0.717, 1.165) is 37.3 Å². The van der Waals surface area contributed by atoms with Gasteiger partial charge in [-0.15, -0.1) is 0 Å². The predicted molar refractivity (Wildman–Crippen MR) is 220 cm³/mol. The summed E-state index contributed by atoms with van der Waals surface area (Å²) in [7, 11) is -2.28. The summed E-state index contributed by atoms with van der Waals surface area (Å²) in [5, 5.41) is 18.2. The quantitative estimate of drug-likeness (QED) is 0.181. The second kappa shape index (κ2) is 16.8. The van der Waals surface area contributed by atoms with Crippen LogP contribution in [0.1, 0.15) is 88.8 Å². The highest BCUT2D eigenvalue weighted by Crippen LogP contribution is 2.40. The van der Waals surface area contributed by atoms with Gasteiger partial charge in [0.15, 0.2) is 0 Å². The first kappa shape index (κ1) is 41.2. The molecule has 10 heteroatoms. The third kappa shape index (κ3) is 9.44. The zero-order valence-electron chi connectivity index (χ0n) is 33.0. The molecule has 4 aromatic carbocycles. The molecule has 4 aromatic rings. The summed E-state index contributed by atoms with van der Waals surface area (Å²) >= 11 is 0. The van der Waals surface area contributed by atoms with Crippen molar-refractivity contribution in [2.24, 2.45) is 0 Å². The monoisotopic (exact) mass is 762 g/mol. The van der Waals surface area contributed by atoms with Crippen molar-refractivity contribution in [2.75, 3.05) is 26.4 Å². The van der Waals surface area contributed by atoms with Gasteiger partial charge < -0.3 is 0 Å². The third-order valence-electron chi connectivity index (χ3n) is 10.0. The van der Waals surface area contributed by atoms with E-state index >= 15 is 0 Å². The molecule has 0 aromatic heterocycles. The van der Waals surface area contributed by atoms with Crippen LogP contribution < -0.4 is 0 Å². The van der Waals surface area contributed by atoms with Crippen molar-refractivity contribution in [3.63, 3.8) is 0 Å². The third-order valence-corrected chi connectivity index (χ3v) is 14.0. The fourth-order valence-electron chi connectivity index (χ4n) is 7.11. The normalized spacial score (nSPS) is 22.5. The van der Waals surface area contributed by atoms with E-state index in [1.807, 2.05) is 102 Å². The van der Waals surface area contributed by atoms with E-state index in [1.165, 1.54) is 11.1 Å². The summed E-state index contributed by atoms with van der Waals surface area (Å²) in [4.78, 5) is 4.69. The van der Waals surface area contributed by atoms with E-state index in [-0.39, 0.29) is 20.6 Å². The smallest absolute Gasteiger partial charge is 0.102 e. The zero-order chi connectivity index (χ0) is 39.3. The Kier molecular flexibility index (Phi) is 12.8. The molecule has 8 nitrogen and oxygen atoms in total. The van der Waals surface area contributed by atoms with E-state index in [1.54, 1.807) is 0 Å². The molecule has 2 fully saturated rings. The topological polar surface area (TPSA) is 94.7 Å². The van der Waals surface area contributed by atoms with Crippen molar-refractivity contribution < 1.29 is 8.42 Å². The highest BCUT2D eigenvalue weighted by Gasteiger charge is 2.48. The molecular weight excluding hydrogens is 709 g/mol. The summed E-state index contributed by atoms with van der Waals surface area (Å²) in [6.07, 6.45) is 0. The Morgan fingerprint density at radius 3 is 1.15 bits per heavy atom. The van der Waals surface area contributed by atoms with Gasteiger partial charge in [-0.25, -0.2) is 8.42 Å². The van der Waals surface area contributed by atoms with Crippen molar-refractivity contribution in [3.05, 3.63) is 143 Å². The molecule has 6 rings (SSSR count). The Balaban J connectivity index is 0.000000208. The lowest BCUT2D eigenvalue weighted by atomic mass is 9.92. The molecule has 4 atom stereocenters. The van der Waals surface area contributed by atoms with Crippen LogP contribution in [0.5, 0.6) is 0 Å². The lowest BCUT2D eigenvalue weighted by Crippen LogP contribution is -2.46. The van der Waals surface area contributed by atoms with Gasteiger partial charge in [0, 0.05) is 26.2 Å². The van der Waals surface area contributed by atoms with Crippen LogP contribution in [0.3, 0.4) is 0 Å². The van der Waals surface area contributed by atoms with Crippen molar-refractivity contribution in [1.29, 1.82) is 10.5 Å². The lowest BCUT2D eigenvalue weighted by Gasteiger charge is -2.37. The molecule has 0 N–H and O–H groups in total. The lowest BCUT2D eigenvalue weighted by molar-refractivity contribution is 0.288. The molecule has 0 bridgehead atoms.